The van der Waals surface area contributed by atoms with Crippen molar-refractivity contribution in [2.45, 2.75) is 25.8 Å². The standard InChI is InChI=1S/C18H20N4/c1-18(2)11-22-16-9-13(3-4-15(16)18)21-10-12-5-7-19-17-14(12)6-8-20-17/h3-9,21-22H,10-11H2,1-2H3,(H,19,20). The molecule has 4 nitrogen and oxygen atoms in total. The van der Waals surface area contributed by atoms with Crippen LogP contribution in [-0.2, 0) is 12.0 Å². The highest BCUT2D eigenvalue weighted by atomic mass is 14.9. The maximum absolute atomic E-state index is 4.33. The second kappa shape index (κ2) is 4.77. The molecule has 2 aromatic heterocycles. The summed E-state index contributed by atoms with van der Waals surface area (Å²) in [5, 5.41) is 8.19. The molecular weight excluding hydrogens is 272 g/mol. The molecule has 3 aromatic rings. The van der Waals surface area contributed by atoms with Crippen molar-refractivity contribution in [3.63, 3.8) is 0 Å². The van der Waals surface area contributed by atoms with Crippen molar-refractivity contribution in [1.29, 1.82) is 0 Å². The number of aromatic amines is 1. The Morgan fingerprint density at radius 3 is 3.05 bits per heavy atom. The highest BCUT2D eigenvalue weighted by molar-refractivity contribution is 5.79. The zero-order valence-electron chi connectivity index (χ0n) is 12.9. The van der Waals surface area contributed by atoms with Crippen LogP contribution in [0.2, 0.25) is 0 Å². The lowest BCUT2D eigenvalue weighted by molar-refractivity contribution is 0.586. The third kappa shape index (κ3) is 2.11. The summed E-state index contributed by atoms with van der Waals surface area (Å²) in [6.07, 6.45) is 3.78. The van der Waals surface area contributed by atoms with E-state index in [9.17, 15) is 0 Å². The van der Waals surface area contributed by atoms with E-state index in [1.54, 1.807) is 0 Å². The van der Waals surface area contributed by atoms with Crippen LogP contribution < -0.4 is 10.6 Å². The molecule has 0 amide bonds. The average Bonchev–Trinajstić information content (AvgIpc) is 3.10. The topological polar surface area (TPSA) is 52.7 Å². The Balaban J connectivity index is 1.57. The highest BCUT2D eigenvalue weighted by Gasteiger charge is 2.29. The van der Waals surface area contributed by atoms with Crippen LogP contribution in [0.4, 0.5) is 11.4 Å². The van der Waals surface area contributed by atoms with E-state index in [4.69, 9.17) is 0 Å². The molecule has 112 valence electrons. The molecule has 0 unspecified atom stereocenters. The molecule has 0 saturated carbocycles. The highest BCUT2D eigenvalue weighted by Crippen LogP contribution is 2.37. The molecule has 0 spiro atoms. The third-order valence-electron chi connectivity index (χ3n) is 4.50. The zero-order chi connectivity index (χ0) is 15.2. The minimum atomic E-state index is 0.219. The average molecular weight is 292 g/mol. The van der Waals surface area contributed by atoms with Crippen LogP contribution in [-0.4, -0.2) is 16.5 Å². The van der Waals surface area contributed by atoms with Gasteiger partial charge in [0, 0.05) is 47.7 Å². The molecule has 4 rings (SSSR count). The normalized spacial score (nSPS) is 15.5. The van der Waals surface area contributed by atoms with Crippen LogP contribution in [0.3, 0.4) is 0 Å². The van der Waals surface area contributed by atoms with E-state index in [2.05, 4.69) is 64.8 Å². The van der Waals surface area contributed by atoms with Crippen LogP contribution in [0.5, 0.6) is 0 Å². The predicted molar refractivity (Wildman–Crippen MR) is 91.4 cm³/mol. The molecule has 1 aliphatic heterocycles. The Bertz CT molecular complexity index is 832. The second-order valence-electron chi connectivity index (χ2n) is 6.56. The van der Waals surface area contributed by atoms with Gasteiger partial charge in [-0.15, -0.1) is 0 Å². The van der Waals surface area contributed by atoms with Crippen LogP contribution in [0.15, 0.2) is 42.7 Å². The molecule has 0 aliphatic carbocycles. The van der Waals surface area contributed by atoms with Gasteiger partial charge in [0.25, 0.3) is 0 Å². The van der Waals surface area contributed by atoms with Gasteiger partial charge < -0.3 is 15.6 Å². The van der Waals surface area contributed by atoms with Gasteiger partial charge in [-0.05, 0) is 35.4 Å². The second-order valence-corrected chi connectivity index (χ2v) is 6.56. The van der Waals surface area contributed by atoms with Gasteiger partial charge in [0.05, 0.1) is 0 Å². The lowest BCUT2D eigenvalue weighted by atomic mass is 9.87. The molecule has 4 heteroatoms. The fourth-order valence-electron chi connectivity index (χ4n) is 3.17. The number of aromatic nitrogens is 2. The maximum Gasteiger partial charge on any atom is 0.137 e. The number of nitrogens with zero attached hydrogens (tertiary/aromatic N) is 1. The Labute approximate surface area is 130 Å². The molecule has 0 atom stereocenters. The van der Waals surface area contributed by atoms with Crippen molar-refractivity contribution in [3.05, 3.63) is 53.9 Å². The first-order valence-electron chi connectivity index (χ1n) is 7.67. The largest absolute Gasteiger partial charge is 0.384 e. The first-order chi connectivity index (χ1) is 10.6. The summed E-state index contributed by atoms with van der Waals surface area (Å²) in [6.45, 7) is 6.34. The van der Waals surface area contributed by atoms with Gasteiger partial charge in [0.15, 0.2) is 0 Å². The van der Waals surface area contributed by atoms with Crippen molar-refractivity contribution >= 4 is 22.4 Å². The van der Waals surface area contributed by atoms with E-state index in [0.717, 1.165) is 24.4 Å². The number of benzene rings is 1. The molecule has 3 N–H and O–H groups in total. The first-order valence-corrected chi connectivity index (χ1v) is 7.67. The summed E-state index contributed by atoms with van der Waals surface area (Å²) in [7, 11) is 0. The summed E-state index contributed by atoms with van der Waals surface area (Å²) in [4.78, 5) is 7.48. The van der Waals surface area contributed by atoms with Crippen molar-refractivity contribution in [2.24, 2.45) is 0 Å². The number of rotatable bonds is 3. The Kier molecular flexibility index (Phi) is 2.86. The fraction of sp³-hybridized carbons (Fsp3) is 0.278. The number of pyridine rings is 1. The minimum absolute atomic E-state index is 0.219. The van der Waals surface area contributed by atoms with Gasteiger partial charge in [-0.1, -0.05) is 19.9 Å². The first kappa shape index (κ1) is 13.2. The van der Waals surface area contributed by atoms with Gasteiger partial charge in [-0.3, -0.25) is 0 Å². The van der Waals surface area contributed by atoms with Crippen LogP contribution in [0.1, 0.15) is 25.0 Å². The number of anilines is 2. The Morgan fingerprint density at radius 1 is 1.23 bits per heavy atom. The van der Waals surface area contributed by atoms with Gasteiger partial charge in [0.1, 0.15) is 5.65 Å². The third-order valence-corrected chi connectivity index (χ3v) is 4.50. The number of fused-ring (bicyclic) bond motifs is 2. The SMILES string of the molecule is CC1(C)CNc2cc(NCc3ccnc4[nH]ccc34)ccc21. The number of nitrogens with one attached hydrogen (secondary N) is 3. The number of hydrogen-bond acceptors (Lipinski definition) is 3. The molecule has 3 heterocycles. The van der Waals surface area contributed by atoms with E-state index in [0.29, 0.717) is 0 Å². The number of hydrogen-bond donors (Lipinski definition) is 3. The molecular formula is C18H20N4. The summed E-state index contributed by atoms with van der Waals surface area (Å²) in [6, 6.07) is 10.8. The van der Waals surface area contributed by atoms with E-state index >= 15 is 0 Å². The summed E-state index contributed by atoms with van der Waals surface area (Å²) in [5.41, 5.74) is 6.20. The van der Waals surface area contributed by atoms with Crippen molar-refractivity contribution in [3.8, 4) is 0 Å². The quantitative estimate of drug-likeness (QED) is 0.686. The minimum Gasteiger partial charge on any atom is -0.384 e. The van der Waals surface area contributed by atoms with Crippen LogP contribution in [0.25, 0.3) is 11.0 Å². The molecule has 1 aromatic carbocycles. The van der Waals surface area contributed by atoms with Gasteiger partial charge in [-0.25, -0.2) is 4.98 Å². The Morgan fingerprint density at radius 2 is 2.14 bits per heavy atom. The van der Waals surface area contributed by atoms with E-state index in [-0.39, 0.29) is 5.41 Å². The Hall–Kier alpha value is -2.49. The monoisotopic (exact) mass is 292 g/mol. The molecule has 0 fully saturated rings. The molecule has 0 bridgehead atoms. The molecule has 1 aliphatic rings. The van der Waals surface area contributed by atoms with Gasteiger partial charge in [0.2, 0.25) is 0 Å². The maximum atomic E-state index is 4.33. The van der Waals surface area contributed by atoms with Crippen molar-refractivity contribution < 1.29 is 0 Å². The van der Waals surface area contributed by atoms with Gasteiger partial charge in [-0.2, -0.15) is 0 Å². The van der Waals surface area contributed by atoms with Crippen LogP contribution >= 0.6 is 0 Å². The van der Waals surface area contributed by atoms with E-state index < -0.39 is 0 Å². The lowest BCUT2D eigenvalue weighted by Gasteiger charge is -2.17. The van der Waals surface area contributed by atoms with E-state index in [1.165, 1.54) is 22.2 Å². The van der Waals surface area contributed by atoms with Crippen molar-refractivity contribution in [2.75, 3.05) is 17.2 Å². The van der Waals surface area contributed by atoms with Gasteiger partial charge >= 0.3 is 0 Å². The van der Waals surface area contributed by atoms with E-state index in [1.807, 2.05) is 12.4 Å². The number of H-pyrrole nitrogens is 1. The fourth-order valence-corrected chi connectivity index (χ4v) is 3.17. The summed E-state index contributed by atoms with van der Waals surface area (Å²) < 4.78 is 0. The molecule has 0 radical (unpaired) electrons. The smallest absolute Gasteiger partial charge is 0.137 e. The molecule has 0 saturated heterocycles. The van der Waals surface area contributed by atoms with Crippen molar-refractivity contribution in [1.82, 2.24) is 9.97 Å². The predicted octanol–water partition coefficient (Wildman–Crippen LogP) is 3.88. The van der Waals surface area contributed by atoms with Crippen LogP contribution in [0, 0.1) is 0 Å². The lowest BCUT2D eigenvalue weighted by Crippen LogP contribution is -2.18. The molecule has 22 heavy (non-hydrogen) atoms. The summed E-state index contributed by atoms with van der Waals surface area (Å²) >= 11 is 0. The zero-order valence-corrected chi connectivity index (χ0v) is 12.9. The summed E-state index contributed by atoms with van der Waals surface area (Å²) in [5.74, 6) is 0.